The summed E-state index contributed by atoms with van der Waals surface area (Å²) in [5.41, 5.74) is 1.54. The van der Waals surface area contributed by atoms with Crippen molar-refractivity contribution in [1.82, 2.24) is 9.27 Å². The fourth-order valence-electron chi connectivity index (χ4n) is 3.86. The van der Waals surface area contributed by atoms with Crippen molar-refractivity contribution in [3.05, 3.63) is 57.8 Å². The van der Waals surface area contributed by atoms with Crippen LogP contribution in [0.15, 0.2) is 48.7 Å². The van der Waals surface area contributed by atoms with Crippen molar-refractivity contribution in [2.45, 2.75) is 19.3 Å². The summed E-state index contributed by atoms with van der Waals surface area (Å²) in [4.78, 5) is 27.1. The molecule has 1 aliphatic rings. The number of hydrogen-bond donors (Lipinski definition) is 1. The molecule has 0 radical (unpaired) electrons. The quantitative estimate of drug-likeness (QED) is 0.242. The average molecular weight is 549 g/mol. The SMILES string of the molecule is O=C(Nc1cccc2cnsc12)OCCCN1CCC(C(=O)c2ccc(I)cc2)CC1. The highest BCUT2D eigenvalue weighted by molar-refractivity contribution is 14.1. The van der Waals surface area contributed by atoms with Crippen molar-refractivity contribution in [2.24, 2.45) is 5.92 Å². The van der Waals surface area contributed by atoms with Crippen LogP contribution in [0.3, 0.4) is 0 Å². The van der Waals surface area contributed by atoms with E-state index in [4.69, 9.17) is 4.74 Å². The summed E-state index contributed by atoms with van der Waals surface area (Å²) in [6.07, 6.45) is 3.88. The van der Waals surface area contributed by atoms with Gasteiger partial charge in [-0.1, -0.05) is 24.3 Å². The number of aromatic nitrogens is 1. The third-order valence-corrected chi connectivity index (χ3v) is 7.13. The maximum absolute atomic E-state index is 12.7. The molecule has 4 rings (SSSR count). The molecule has 8 heteroatoms. The molecule has 1 N–H and O–H groups in total. The first-order chi connectivity index (χ1) is 15.1. The number of nitrogens with one attached hydrogen (secondary N) is 1. The van der Waals surface area contributed by atoms with Gasteiger partial charge in [0.15, 0.2) is 5.78 Å². The van der Waals surface area contributed by atoms with Gasteiger partial charge in [0, 0.05) is 33.2 Å². The molecular formula is C23H24IN3O3S. The van der Waals surface area contributed by atoms with Crippen molar-refractivity contribution in [3.8, 4) is 0 Å². The zero-order valence-electron chi connectivity index (χ0n) is 17.1. The Morgan fingerprint density at radius 3 is 2.71 bits per heavy atom. The van der Waals surface area contributed by atoms with E-state index in [1.807, 2.05) is 42.5 Å². The molecule has 1 amide bonds. The lowest BCUT2D eigenvalue weighted by Gasteiger charge is -2.31. The number of hydrogen-bond acceptors (Lipinski definition) is 6. The molecular weight excluding hydrogens is 525 g/mol. The number of piperidine rings is 1. The van der Waals surface area contributed by atoms with E-state index in [1.165, 1.54) is 11.5 Å². The lowest BCUT2D eigenvalue weighted by atomic mass is 9.89. The van der Waals surface area contributed by atoms with Crippen LogP contribution in [-0.4, -0.2) is 47.4 Å². The zero-order valence-corrected chi connectivity index (χ0v) is 20.0. The number of Topliss-reactive ketones (excluding diaryl/α,β-unsaturated/α-hetero) is 1. The highest BCUT2D eigenvalue weighted by Crippen LogP contribution is 2.26. The Morgan fingerprint density at radius 2 is 1.94 bits per heavy atom. The normalized spacial score (nSPS) is 15.1. The summed E-state index contributed by atoms with van der Waals surface area (Å²) in [7, 11) is 0. The predicted octanol–water partition coefficient (Wildman–Crippen LogP) is 5.43. The second kappa shape index (κ2) is 10.5. The summed E-state index contributed by atoms with van der Waals surface area (Å²) in [5.74, 6) is 0.361. The Labute approximate surface area is 199 Å². The Hall–Kier alpha value is -2.04. The first-order valence-electron chi connectivity index (χ1n) is 10.4. The molecule has 2 aromatic carbocycles. The molecule has 3 aromatic rings. The van der Waals surface area contributed by atoms with Crippen LogP contribution >= 0.6 is 34.1 Å². The number of nitrogens with zero attached hydrogens (tertiary/aromatic N) is 2. The number of ketones is 1. The first kappa shape index (κ1) is 22.2. The molecule has 0 atom stereocenters. The van der Waals surface area contributed by atoms with Gasteiger partial charge >= 0.3 is 6.09 Å². The van der Waals surface area contributed by atoms with Gasteiger partial charge in [0.05, 0.1) is 17.0 Å². The van der Waals surface area contributed by atoms with E-state index >= 15 is 0 Å². The fraction of sp³-hybridized carbons (Fsp3) is 0.348. The van der Waals surface area contributed by atoms with Crippen molar-refractivity contribution in [1.29, 1.82) is 0 Å². The molecule has 0 spiro atoms. The number of anilines is 1. The van der Waals surface area contributed by atoms with Crippen LogP contribution in [0, 0.1) is 9.49 Å². The van der Waals surface area contributed by atoms with E-state index < -0.39 is 6.09 Å². The van der Waals surface area contributed by atoms with E-state index in [0.717, 1.165) is 63.8 Å². The minimum atomic E-state index is -0.442. The molecule has 162 valence electrons. The number of halogens is 1. The van der Waals surface area contributed by atoms with Gasteiger partial charge in [-0.3, -0.25) is 10.1 Å². The van der Waals surface area contributed by atoms with Crippen molar-refractivity contribution in [3.63, 3.8) is 0 Å². The number of benzene rings is 2. The van der Waals surface area contributed by atoms with Gasteiger partial charge in [-0.05, 0) is 84.7 Å². The number of ether oxygens (including phenoxy) is 1. The van der Waals surface area contributed by atoms with Crippen LogP contribution in [0.4, 0.5) is 10.5 Å². The number of likely N-dealkylation sites (tertiary alicyclic amines) is 1. The fourth-order valence-corrected chi connectivity index (χ4v) is 4.94. The molecule has 1 aliphatic heterocycles. The number of amides is 1. The lowest BCUT2D eigenvalue weighted by Crippen LogP contribution is -2.37. The predicted molar refractivity (Wildman–Crippen MR) is 132 cm³/mol. The van der Waals surface area contributed by atoms with Gasteiger partial charge in [0.2, 0.25) is 0 Å². The van der Waals surface area contributed by atoms with E-state index in [0.29, 0.717) is 6.61 Å². The second-order valence-corrected chi connectivity index (χ2v) is 9.70. The van der Waals surface area contributed by atoms with E-state index in [1.54, 1.807) is 6.20 Å². The van der Waals surface area contributed by atoms with Crippen molar-refractivity contribution < 1.29 is 14.3 Å². The van der Waals surface area contributed by atoms with Crippen LogP contribution in [0.1, 0.15) is 29.6 Å². The van der Waals surface area contributed by atoms with Crippen LogP contribution in [0.25, 0.3) is 10.1 Å². The highest BCUT2D eigenvalue weighted by Gasteiger charge is 2.25. The Bertz CT molecular complexity index is 1050. The number of rotatable bonds is 7. The van der Waals surface area contributed by atoms with Gasteiger partial charge in [-0.2, -0.15) is 4.37 Å². The number of carbonyl (C=O) groups is 2. The summed E-state index contributed by atoms with van der Waals surface area (Å²) in [5, 5.41) is 3.81. The number of carbonyl (C=O) groups excluding carboxylic acids is 2. The highest BCUT2D eigenvalue weighted by atomic mass is 127. The molecule has 2 heterocycles. The van der Waals surface area contributed by atoms with Gasteiger partial charge < -0.3 is 9.64 Å². The van der Waals surface area contributed by atoms with Crippen LogP contribution < -0.4 is 5.32 Å². The third-order valence-electron chi connectivity index (χ3n) is 5.56. The monoisotopic (exact) mass is 549 g/mol. The molecule has 1 saturated heterocycles. The molecule has 0 bridgehead atoms. The molecule has 1 aromatic heterocycles. The maximum Gasteiger partial charge on any atom is 0.411 e. The average Bonchev–Trinajstić information content (AvgIpc) is 3.27. The minimum absolute atomic E-state index is 0.104. The van der Waals surface area contributed by atoms with Crippen molar-refractivity contribution in [2.75, 3.05) is 31.6 Å². The van der Waals surface area contributed by atoms with Crippen LogP contribution in [-0.2, 0) is 4.74 Å². The van der Waals surface area contributed by atoms with E-state index in [-0.39, 0.29) is 11.7 Å². The second-order valence-electron chi connectivity index (χ2n) is 7.65. The smallest absolute Gasteiger partial charge is 0.411 e. The Morgan fingerprint density at radius 1 is 1.16 bits per heavy atom. The summed E-state index contributed by atoms with van der Waals surface area (Å²) >= 11 is 3.60. The van der Waals surface area contributed by atoms with Gasteiger partial charge in [-0.25, -0.2) is 4.79 Å². The minimum Gasteiger partial charge on any atom is -0.449 e. The van der Waals surface area contributed by atoms with Crippen molar-refractivity contribution >= 4 is 61.8 Å². The third kappa shape index (κ3) is 5.81. The zero-order chi connectivity index (χ0) is 21.6. The lowest BCUT2D eigenvalue weighted by molar-refractivity contribution is 0.0830. The topological polar surface area (TPSA) is 71.5 Å². The Balaban J connectivity index is 1.15. The summed E-state index contributed by atoms with van der Waals surface area (Å²) in [6, 6.07) is 13.5. The van der Waals surface area contributed by atoms with Gasteiger partial charge in [0.25, 0.3) is 0 Å². The molecule has 31 heavy (non-hydrogen) atoms. The van der Waals surface area contributed by atoms with E-state index in [2.05, 4.69) is 37.2 Å². The molecule has 0 saturated carbocycles. The standard InChI is InChI=1S/C23H24IN3O3S/c24-19-7-5-16(6-8-19)21(28)17-9-12-27(13-10-17)11-2-14-30-23(29)26-20-4-1-3-18-15-25-31-22(18)20/h1,3-8,15,17H,2,9-14H2,(H,26,29). The summed E-state index contributed by atoms with van der Waals surface area (Å²) in [6.45, 7) is 3.04. The van der Waals surface area contributed by atoms with Gasteiger partial charge in [0.1, 0.15) is 0 Å². The van der Waals surface area contributed by atoms with Crippen LogP contribution in [0.2, 0.25) is 0 Å². The summed E-state index contributed by atoms with van der Waals surface area (Å²) < 4.78 is 11.6. The molecule has 1 fully saturated rings. The first-order valence-corrected chi connectivity index (χ1v) is 12.2. The molecule has 0 unspecified atom stereocenters. The number of fused-ring (bicyclic) bond motifs is 1. The maximum atomic E-state index is 12.7. The van der Waals surface area contributed by atoms with Gasteiger partial charge in [-0.15, -0.1) is 0 Å². The molecule has 0 aliphatic carbocycles. The largest absolute Gasteiger partial charge is 0.449 e. The Kier molecular flexibility index (Phi) is 7.52. The van der Waals surface area contributed by atoms with Crippen LogP contribution in [0.5, 0.6) is 0 Å². The van der Waals surface area contributed by atoms with E-state index in [9.17, 15) is 9.59 Å². The molecule has 6 nitrogen and oxygen atoms in total.